The van der Waals surface area contributed by atoms with Crippen LogP contribution in [0.3, 0.4) is 0 Å². The average Bonchev–Trinajstić information content (AvgIpc) is 2.97. The standard InChI is InChI=1S/C18H16N2O/c1-14-7-9-16(10-8-14)18(21)13-20-12-17(11-19-20)15-5-3-2-4-6-15/h2-12H,13H2,1H3. The fourth-order valence-electron chi connectivity index (χ4n) is 2.21. The number of hydrogen-bond donors (Lipinski definition) is 0. The number of benzene rings is 2. The summed E-state index contributed by atoms with van der Waals surface area (Å²) in [5.74, 6) is 0.0673. The van der Waals surface area contributed by atoms with Gasteiger partial charge in [0.1, 0.15) is 6.54 Å². The lowest BCUT2D eigenvalue weighted by atomic mass is 10.1. The molecule has 0 atom stereocenters. The lowest BCUT2D eigenvalue weighted by Gasteiger charge is -2.02. The monoisotopic (exact) mass is 276 g/mol. The number of ketones is 1. The molecule has 0 bridgehead atoms. The summed E-state index contributed by atoms with van der Waals surface area (Å²) >= 11 is 0. The minimum Gasteiger partial charge on any atom is -0.292 e. The highest BCUT2D eigenvalue weighted by Crippen LogP contribution is 2.17. The smallest absolute Gasteiger partial charge is 0.184 e. The van der Waals surface area contributed by atoms with Crippen LogP contribution in [0.15, 0.2) is 67.0 Å². The van der Waals surface area contributed by atoms with Gasteiger partial charge >= 0.3 is 0 Å². The third kappa shape index (κ3) is 3.08. The average molecular weight is 276 g/mol. The number of rotatable bonds is 4. The van der Waals surface area contributed by atoms with Crippen LogP contribution in [0.4, 0.5) is 0 Å². The van der Waals surface area contributed by atoms with Crippen LogP contribution in [0.5, 0.6) is 0 Å². The Morgan fingerprint density at radius 3 is 2.43 bits per heavy atom. The highest BCUT2D eigenvalue weighted by molar-refractivity contribution is 5.95. The molecule has 104 valence electrons. The first-order valence-electron chi connectivity index (χ1n) is 6.90. The summed E-state index contributed by atoms with van der Waals surface area (Å²) in [4.78, 5) is 12.2. The van der Waals surface area contributed by atoms with Crippen molar-refractivity contribution in [2.24, 2.45) is 0 Å². The van der Waals surface area contributed by atoms with Gasteiger partial charge in [-0.2, -0.15) is 5.10 Å². The molecule has 3 rings (SSSR count). The molecule has 0 amide bonds. The Balaban J connectivity index is 1.75. The van der Waals surface area contributed by atoms with Crippen LogP contribution in [0, 0.1) is 6.92 Å². The number of carbonyl (C=O) groups is 1. The molecule has 0 unspecified atom stereocenters. The molecule has 21 heavy (non-hydrogen) atoms. The minimum absolute atomic E-state index is 0.0673. The summed E-state index contributed by atoms with van der Waals surface area (Å²) in [7, 11) is 0. The van der Waals surface area contributed by atoms with Crippen molar-refractivity contribution in [2.45, 2.75) is 13.5 Å². The number of aryl methyl sites for hydroxylation is 1. The van der Waals surface area contributed by atoms with Gasteiger partial charge in [-0.05, 0) is 12.5 Å². The minimum atomic E-state index is 0.0673. The van der Waals surface area contributed by atoms with Crippen LogP contribution in [-0.2, 0) is 6.54 Å². The number of nitrogens with zero attached hydrogens (tertiary/aromatic N) is 2. The van der Waals surface area contributed by atoms with E-state index in [9.17, 15) is 4.79 Å². The van der Waals surface area contributed by atoms with Gasteiger partial charge in [-0.25, -0.2) is 0 Å². The summed E-state index contributed by atoms with van der Waals surface area (Å²) in [6.45, 7) is 2.27. The fraction of sp³-hybridized carbons (Fsp3) is 0.111. The molecule has 0 aliphatic heterocycles. The molecule has 0 N–H and O–H groups in total. The van der Waals surface area contributed by atoms with Crippen LogP contribution < -0.4 is 0 Å². The van der Waals surface area contributed by atoms with Crippen molar-refractivity contribution < 1.29 is 4.79 Å². The molecule has 0 radical (unpaired) electrons. The Morgan fingerprint density at radius 2 is 1.71 bits per heavy atom. The third-order valence-corrected chi connectivity index (χ3v) is 3.42. The molecule has 1 aromatic heterocycles. The molecule has 0 spiro atoms. The van der Waals surface area contributed by atoms with Gasteiger partial charge in [0.15, 0.2) is 5.78 Å². The van der Waals surface area contributed by atoms with Gasteiger partial charge in [-0.3, -0.25) is 9.48 Å². The zero-order valence-corrected chi connectivity index (χ0v) is 11.9. The Bertz CT molecular complexity index is 742. The molecule has 0 saturated heterocycles. The molecule has 0 fully saturated rings. The van der Waals surface area contributed by atoms with E-state index in [-0.39, 0.29) is 12.3 Å². The predicted molar refractivity (Wildman–Crippen MR) is 83.2 cm³/mol. The summed E-state index contributed by atoms with van der Waals surface area (Å²) in [5, 5.41) is 4.27. The predicted octanol–water partition coefficient (Wildman–Crippen LogP) is 3.74. The molecule has 2 aromatic carbocycles. The van der Waals surface area contributed by atoms with Gasteiger partial charge in [0, 0.05) is 17.3 Å². The maximum atomic E-state index is 12.2. The highest BCUT2D eigenvalue weighted by atomic mass is 16.1. The van der Waals surface area contributed by atoms with Crippen LogP contribution >= 0.6 is 0 Å². The van der Waals surface area contributed by atoms with Crippen molar-refractivity contribution >= 4 is 5.78 Å². The SMILES string of the molecule is Cc1ccc(C(=O)Cn2cc(-c3ccccc3)cn2)cc1. The normalized spacial score (nSPS) is 10.5. The lowest BCUT2D eigenvalue weighted by Crippen LogP contribution is -2.10. The first kappa shape index (κ1) is 13.3. The largest absolute Gasteiger partial charge is 0.292 e. The van der Waals surface area contributed by atoms with E-state index in [1.165, 1.54) is 0 Å². The van der Waals surface area contributed by atoms with E-state index in [1.807, 2.05) is 67.7 Å². The van der Waals surface area contributed by atoms with Gasteiger partial charge in [0.2, 0.25) is 0 Å². The fourth-order valence-corrected chi connectivity index (χ4v) is 2.21. The third-order valence-electron chi connectivity index (χ3n) is 3.42. The molecule has 1 heterocycles. The maximum Gasteiger partial charge on any atom is 0.184 e. The molecule has 0 saturated carbocycles. The van der Waals surface area contributed by atoms with Gasteiger partial charge < -0.3 is 0 Å². The second-order valence-corrected chi connectivity index (χ2v) is 5.08. The number of aromatic nitrogens is 2. The molecular formula is C18H16N2O. The Labute approximate surface area is 123 Å². The molecule has 0 aliphatic rings. The van der Waals surface area contributed by atoms with Gasteiger partial charge in [0.25, 0.3) is 0 Å². The maximum absolute atomic E-state index is 12.2. The van der Waals surface area contributed by atoms with Crippen molar-refractivity contribution in [2.75, 3.05) is 0 Å². The summed E-state index contributed by atoms with van der Waals surface area (Å²) in [6, 6.07) is 17.6. The van der Waals surface area contributed by atoms with Gasteiger partial charge in [-0.15, -0.1) is 0 Å². The number of carbonyl (C=O) groups excluding carboxylic acids is 1. The van der Waals surface area contributed by atoms with Crippen molar-refractivity contribution in [3.05, 3.63) is 78.1 Å². The summed E-state index contributed by atoms with van der Waals surface area (Å²) in [5.41, 5.74) is 3.99. The van der Waals surface area contributed by atoms with E-state index in [0.29, 0.717) is 0 Å². The van der Waals surface area contributed by atoms with E-state index < -0.39 is 0 Å². The molecule has 3 nitrogen and oxygen atoms in total. The first-order valence-corrected chi connectivity index (χ1v) is 6.90. The summed E-state index contributed by atoms with van der Waals surface area (Å²) in [6.07, 6.45) is 3.69. The van der Waals surface area contributed by atoms with Gasteiger partial charge in [0.05, 0.1) is 6.20 Å². The second-order valence-electron chi connectivity index (χ2n) is 5.08. The number of Topliss-reactive ketones (excluding diaryl/α,β-unsaturated/α-hetero) is 1. The Hall–Kier alpha value is -2.68. The Kier molecular flexibility index (Phi) is 3.65. The number of hydrogen-bond acceptors (Lipinski definition) is 2. The van der Waals surface area contributed by atoms with Crippen LogP contribution in [0.1, 0.15) is 15.9 Å². The molecular weight excluding hydrogens is 260 g/mol. The van der Waals surface area contributed by atoms with E-state index in [1.54, 1.807) is 10.9 Å². The lowest BCUT2D eigenvalue weighted by molar-refractivity contribution is 0.0968. The van der Waals surface area contributed by atoms with E-state index in [4.69, 9.17) is 0 Å². The zero-order chi connectivity index (χ0) is 14.7. The second kappa shape index (κ2) is 5.75. The summed E-state index contributed by atoms with van der Waals surface area (Å²) < 4.78 is 1.69. The van der Waals surface area contributed by atoms with Crippen molar-refractivity contribution in [3.63, 3.8) is 0 Å². The van der Waals surface area contributed by atoms with Crippen LogP contribution in [-0.4, -0.2) is 15.6 Å². The van der Waals surface area contributed by atoms with Crippen molar-refractivity contribution in [3.8, 4) is 11.1 Å². The topological polar surface area (TPSA) is 34.9 Å². The molecule has 3 aromatic rings. The van der Waals surface area contributed by atoms with E-state index in [2.05, 4.69) is 5.10 Å². The van der Waals surface area contributed by atoms with Gasteiger partial charge in [-0.1, -0.05) is 60.2 Å². The quantitative estimate of drug-likeness (QED) is 0.680. The zero-order valence-electron chi connectivity index (χ0n) is 11.9. The van der Waals surface area contributed by atoms with Crippen molar-refractivity contribution in [1.29, 1.82) is 0 Å². The van der Waals surface area contributed by atoms with E-state index >= 15 is 0 Å². The van der Waals surface area contributed by atoms with E-state index in [0.717, 1.165) is 22.3 Å². The first-order chi connectivity index (χ1) is 10.2. The van der Waals surface area contributed by atoms with Crippen LogP contribution in [0.2, 0.25) is 0 Å². The Morgan fingerprint density at radius 1 is 1.00 bits per heavy atom. The molecule has 0 aliphatic carbocycles. The molecule has 3 heteroatoms. The highest BCUT2D eigenvalue weighted by Gasteiger charge is 2.08. The van der Waals surface area contributed by atoms with Crippen LogP contribution in [0.25, 0.3) is 11.1 Å². The van der Waals surface area contributed by atoms with Crippen molar-refractivity contribution in [1.82, 2.24) is 9.78 Å².